The van der Waals surface area contributed by atoms with Gasteiger partial charge in [-0.15, -0.1) is 5.10 Å². The largest absolute Gasteiger partial charge is 0.367 e. The number of hydrogen-bond donors (Lipinski definition) is 0. The Balaban J connectivity index is 1.74. The lowest BCUT2D eigenvalue weighted by Crippen LogP contribution is -2.31. The first kappa shape index (κ1) is 14.3. The van der Waals surface area contributed by atoms with Crippen molar-refractivity contribution in [1.29, 1.82) is 5.26 Å². The van der Waals surface area contributed by atoms with Crippen LogP contribution in [0.5, 0.6) is 0 Å². The monoisotopic (exact) mass is 297 g/mol. The smallest absolute Gasteiger partial charge is 0.151 e. The van der Waals surface area contributed by atoms with Crippen molar-refractivity contribution in [3.05, 3.63) is 47.9 Å². The van der Waals surface area contributed by atoms with Crippen LogP contribution in [0.2, 0.25) is 0 Å². The van der Waals surface area contributed by atoms with Gasteiger partial charge in [-0.2, -0.15) is 10.4 Å². The van der Waals surface area contributed by atoms with Crippen molar-refractivity contribution >= 4 is 11.5 Å². The van der Waals surface area contributed by atoms with Crippen LogP contribution in [0, 0.1) is 17.1 Å². The number of anilines is 2. The molecule has 1 aromatic heterocycles. The van der Waals surface area contributed by atoms with Crippen molar-refractivity contribution in [3.63, 3.8) is 0 Å². The molecule has 1 fully saturated rings. The molecular weight excluding hydrogens is 281 g/mol. The molecule has 6 heteroatoms. The Morgan fingerprint density at radius 1 is 1.09 bits per heavy atom. The number of nitrogens with zero attached hydrogens (tertiary/aromatic N) is 5. The summed E-state index contributed by atoms with van der Waals surface area (Å²) in [5.74, 6) is 0.511. The van der Waals surface area contributed by atoms with E-state index in [1.165, 1.54) is 6.07 Å². The molecule has 0 amide bonds. The van der Waals surface area contributed by atoms with Gasteiger partial charge in [0.25, 0.3) is 0 Å². The summed E-state index contributed by atoms with van der Waals surface area (Å²) in [5, 5.41) is 16.9. The van der Waals surface area contributed by atoms with Crippen molar-refractivity contribution in [1.82, 2.24) is 10.2 Å². The maximum atomic E-state index is 14.1. The van der Waals surface area contributed by atoms with Crippen molar-refractivity contribution in [2.24, 2.45) is 0 Å². The molecule has 0 aliphatic carbocycles. The van der Waals surface area contributed by atoms with Gasteiger partial charge in [-0.1, -0.05) is 0 Å². The maximum Gasteiger partial charge on any atom is 0.151 e. The second-order valence-electron chi connectivity index (χ2n) is 5.19. The van der Waals surface area contributed by atoms with Crippen molar-refractivity contribution < 1.29 is 4.39 Å². The van der Waals surface area contributed by atoms with Gasteiger partial charge in [0, 0.05) is 32.4 Å². The predicted molar refractivity (Wildman–Crippen MR) is 82.2 cm³/mol. The average molecular weight is 297 g/mol. The second kappa shape index (κ2) is 6.39. The van der Waals surface area contributed by atoms with E-state index in [4.69, 9.17) is 5.26 Å². The molecule has 5 nitrogen and oxygen atoms in total. The minimum absolute atomic E-state index is 0.341. The molecule has 0 atom stereocenters. The van der Waals surface area contributed by atoms with Crippen LogP contribution < -0.4 is 9.80 Å². The van der Waals surface area contributed by atoms with E-state index in [2.05, 4.69) is 15.1 Å². The van der Waals surface area contributed by atoms with Crippen LogP contribution in [0.15, 0.2) is 36.5 Å². The minimum Gasteiger partial charge on any atom is -0.367 e. The highest BCUT2D eigenvalue weighted by molar-refractivity contribution is 5.52. The van der Waals surface area contributed by atoms with Crippen LogP contribution >= 0.6 is 0 Å². The lowest BCUT2D eigenvalue weighted by molar-refractivity contribution is 0.618. The summed E-state index contributed by atoms with van der Waals surface area (Å²) in [4.78, 5) is 4.18. The van der Waals surface area contributed by atoms with Crippen molar-refractivity contribution in [2.75, 3.05) is 36.0 Å². The summed E-state index contributed by atoms with van der Waals surface area (Å²) in [6.07, 6.45) is 2.57. The Bertz CT molecular complexity index is 683. The van der Waals surface area contributed by atoms with Crippen LogP contribution in [0.1, 0.15) is 12.0 Å². The molecule has 0 saturated carbocycles. The fourth-order valence-electron chi connectivity index (χ4n) is 2.68. The van der Waals surface area contributed by atoms with Crippen LogP contribution in [0.4, 0.5) is 15.9 Å². The number of benzene rings is 1. The minimum atomic E-state index is -0.341. The zero-order valence-corrected chi connectivity index (χ0v) is 12.1. The summed E-state index contributed by atoms with van der Waals surface area (Å²) in [7, 11) is 0. The maximum absolute atomic E-state index is 14.1. The number of aromatic nitrogens is 2. The van der Waals surface area contributed by atoms with E-state index in [-0.39, 0.29) is 5.82 Å². The highest BCUT2D eigenvalue weighted by Gasteiger charge is 2.18. The van der Waals surface area contributed by atoms with Gasteiger partial charge in [0.2, 0.25) is 0 Å². The summed E-state index contributed by atoms with van der Waals surface area (Å²) < 4.78 is 14.1. The predicted octanol–water partition coefficient (Wildman–Crippen LogP) is 2.20. The highest BCUT2D eigenvalue weighted by atomic mass is 19.1. The van der Waals surface area contributed by atoms with Crippen molar-refractivity contribution in [3.8, 4) is 6.07 Å². The molecular formula is C16H16FN5. The standard InChI is InChI=1S/C16H16FN5/c17-14-11-13(12-18)4-5-15(14)21-7-2-8-22(10-9-21)16-3-1-6-19-20-16/h1,3-6,11H,2,7-10H2. The molecule has 3 rings (SSSR count). The first-order chi connectivity index (χ1) is 10.8. The molecule has 0 spiro atoms. The Morgan fingerprint density at radius 3 is 2.64 bits per heavy atom. The normalized spacial score (nSPS) is 15.3. The lowest BCUT2D eigenvalue weighted by Gasteiger charge is -2.24. The zero-order chi connectivity index (χ0) is 15.4. The quantitative estimate of drug-likeness (QED) is 0.850. The molecule has 0 radical (unpaired) electrons. The SMILES string of the molecule is N#Cc1ccc(N2CCCN(c3cccnn3)CC2)c(F)c1. The molecule has 2 aromatic rings. The molecule has 112 valence electrons. The van der Waals surface area contributed by atoms with E-state index in [1.807, 2.05) is 23.1 Å². The number of rotatable bonds is 2. The van der Waals surface area contributed by atoms with Gasteiger partial charge in [-0.3, -0.25) is 0 Å². The number of nitriles is 1. The van der Waals surface area contributed by atoms with Gasteiger partial charge in [0.05, 0.1) is 17.3 Å². The van der Waals surface area contributed by atoms with Gasteiger partial charge in [0.1, 0.15) is 5.82 Å². The molecule has 22 heavy (non-hydrogen) atoms. The Labute approximate surface area is 128 Å². The van der Waals surface area contributed by atoms with Crippen LogP contribution in [0.3, 0.4) is 0 Å². The van der Waals surface area contributed by atoms with Gasteiger partial charge in [0.15, 0.2) is 5.82 Å². The van der Waals surface area contributed by atoms with Crippen LogP contribution in [-0.4, -0.2) is 36.4 Å². The third-order valence-corrected chi connectivity index (χ3v) is 3.80. The van der Waals surface area contributed by atoms with Gasteiger partial charge < -0.3 is 9.80 Å². The summed E-state index contributed by atoms with van der Waals surface area (Å²) in [5.41, 5.74) is 0.900. The molecule has 0 bridgehead atoms. The third kappa shape index (κ3) is 2.98. The third-order valence-electron chi connectivity index (χ3n) is 3.80. The Morgan fingerprint density at radius 2 is 1.91 bits per heavy atom. The summed E-state index contributed by atoms with van der Waals surface area (Å²) in [6.45, 7) is 3.12. The van der Waals surface area contributed by atoms with E-state index >= 15 is 0 Å². The first-order valence-corrected chi connectivity index (χ1v) is 7.25. The number of hydrogen-bond acceptors (Lipinski definition) is 5. The molecule has 1 aliphatic rings. The van der Waals surface area contributed by atoms with Crippen LogP contribution in [0.25, 0.3) is 0 Å². The molecule has 1 aliphatic heterocycles. The second-order valence-corrected chi connectivity index (χ2v) is 5.19. The Hall–Kier alpha value is -2.68. The van der Waals surface area contributed by atoms with E-state index < -0.39 is 0 Å². The topological polar surface area (TPSA) is 56.1 Å². The zero-order valence-electron chi connectivity index (χ0n) is 12.1. The number of halogens is 1. The van der Waals surface area contributed by atoms with Crippen molar-refractivity contribution in [2.45, 2.75) is 6.42 Å². The van der Waals surface area contributed by atoms with E-state index in [9.17, 15) is 4.39 Å². The molecule has 0 unspecified atom stereocenters. The van der Waals surface area contributed by atoms with Gasteiger partial charge in [-0.25, -0.2) is 4.39 Å². The molecule has 0 N–H and O–H groups in total. The summed E-state index contributed by atoms with van der Waals surface area (Å²) in [6, 6.07) is 10.4. The van der Waals surface area contributed by atoms with Gasteiger partial charge in [-0.05, 0) is 36.8 Å². The first-order valence-electron chi connectivity index (χ1n) is 7.25. The fourth-order valence-corrected chi connectivity index (χ4v) is 2.68. The fraction of sp³-hybridized carbons (Fsp3) is 0.312. The van der Waals surface area contributed by atoms with Crippen LogP contribution in [-0.2, 0) is 0 Å². The van der Waals surface area contributed by atoms with E-state index in [0.29, 0.717) is 17.8 Å². The summed E-state index contributed by atoms with van der Waals surface area (Å²) >= 11 is 0. The molecule has 1 saturated heterocycles. The average Bonchev–Trinajstić information content (AvgIpc) is 2.81. The Kier molecular flexibility index (Phi) is 4.15. The highest BCUT2D eigenvalue weighted by Crippen LogP contribution is 2.22. The van der Waals surface area contributed by atoms with Gasteiger partial charge >= 0.3 is 0 Å². The molecule has 2 heterocycles. The molecule has 1 aromatic carbocycles. The lowest BCUT2D eigenvalue weighted by atomic mass is 10.2. The van der Waals surface area contributed by atoms with E-state index in [0.717, 1.165) is 31.9 Å². The van der Waals surface area contributed by atoms with E-state index in [1.54, 1.807) is 18.3 Å².